The zero-order valence-electron chi connectivity index (χ0n) is 10.4. The van der Waals surface area contributed by atoms with Gasteiger partial charge in [0.2, 0.25) is 0 Å². The molecule has 1 aromatic rings. The largest absolute Gasteiger partial charge is 0.252 e. The van der Waals surface area contributed by atoms with Gasteiger partial charge in [0.25, 0.3) is 10.0 Å². The minimum Gasteiger partial charge on any atom is -0.206 e. The molecule has 0 amide bonds. The molecule has 0 atom stereocenters. The highest BCUT2D eigenvalue weighted by molar-refractivity contribution is 8.08. The number of hydrogen-bond donors (Lipinski definition) is 0. The third kappa shape index (κ3) is 3.16. The highest BCUT2D eigenvalue weighted by Gasteiger charge is 2.24. The second-order valence-corrected chi connectivity index (χ2v) is 7.45. The zero-order chi connectivity index (χ0) is 13.0. The van der Waals surface area contributed by atoms with Crippen LogP contribution in [0.1, 0.15) is 18.4 Å². The van der Waals surface area contributed by atoms with Crippen molar-refractivity contribution in [2.24, 2.45) is 0 Å². The van der Waals surface area contributed by atoms with Crippen LogP contribution in [0.5, 0.6) is 0 Å². The van der Waals surface area contributed by atoms with Crippen LogP contribution >= 0.6 is 11.9 Å². The van der Waals surface area contributed by atoms with Crippen LogP contribution in [0.25, 0.3) is 0 Å². The van der Waals surface area contributed by atoms with E-state index in [-0.39, 0.29) is 0 Å². The van der Waals surface area contributed by atoms with Gasteiger partial charge in [-0.05, 0) is 31.9 Å². The van der Waals surface area contributed by atoms with Gasteiger partial charge in [-0.1, -0.05) is 41.8 Å². The second kappa shape index (κ2) is 5.91. The Kier molecular flexibility index (Phi) is 4.48. The minimum atomic E-state index is -3.37. The summed E-state index contributed by atoms with van der Waals surface area (Å²) in [4.78, 5) is 0.370. The van der Waals surface area contributed by atoms with E-state index in [1.807, 2.05) is 25.1 Å². The van der Waals surface area contributed by atoms with Gasteiger partial charge < -0.3 is 0 Å². The number of allylic oxidation sites excluding steroid dienone is 1. The van der Waals surface area contributed by atoms with Crippen LogP contribution in [0, 0.1) is 6.92 Å². The topological polar surface area (TPSA) is 37.4 Å². The third-order valence-electron chi connectivity index (χ3n) is 2.76. The van der Waals surface area contributed by atoms with Gasteiger partial charge in [0.05, 0.1) is 4.90 Å². The van der Waals surface area contributed by atoms with Crippen molar-refractivity contribution in [2.75, 3.05) is 12.3 Å². The molecule has 0 bridgehead atoms. The van der Waals surface area contributed by atoms with Gasteiger partial charge >= 0.3 is 0 Å². The van der Waals surface area contributed by atoms with Crippen molar-refractivity contribution >= 4 is 22.0 Å². The van der Waals surface area contributed by atoms with E-state index in [4.69, 9.17) is 0 Å². The predicted molar refractivity (Wildman–Crippen MR) is 75.9 cm³/mol. The molecule has 1 aliphatic heterocycles. The van der Waals surface area contributed by atoms with Crippen LogP contribution in [-0.4, -0.2) is 24.4 Å². The molecule has 0 aliphatic carbocycles. The Bertz CT molecular complexity index is 520. The van der Waals surface area contributed by atoms with Crippen LogP contribution in [0.4, 0.5) is 0 Å². The molecule has 0 N–H and O–H groups in total. The van der Waals surface area contributed by atoms with Crippen molar-refractivity contribution in [3.05, 3.63) is 42.0 Å². The normalized spacial score (nSPS) is 20.1. The Morgan fingerprint density at radius 1 is 1.17 bits per heavy atom. The van der Waals surface area contributed by atoms with Crippen molar-refractivity contribution in [1.29, 1.82) is 0 Å². The number of nitrogens with zero attached hydrogens (tertiary/aromatic N) is 1. The maximum atomic E-state index is 12.4. The predicted octanol–water partition coefficient (Wildman–Crippen LogP) is 2.98. The van der Waals surface area contributed by atoms with Crippen LogP contribution in [0.3, 0.4) is 0 Å². The van der Waals surface area contributed by atoms with Crippen molar-refractivity contribution < 1.29 is 8.42 Å². The van der Waals surface area contributed by atoms with Crippen LogP contribution in [-0.2, 0) is 10.0 Å². The molecule has 0 saturated heterocycles. The first-order valence-electron chi connectivity index (χ1n) is 5.98. The van der Waals surface area contributed by atoms with E-state index < -0.39 is 10.0 Å². The van der Waals surface area contributed by atoms with Gasteiger partial charge in [0.1, 0.15) is 0 Å². The molecule has 98 valence electrons. The molecule has 5 heteroatoms. The first kappa shape index (κ1) is 13.6. The van der Waals surface area contributed by atoms with Gasteiger partial charge in [-0.15, -0.1) is 3.71 Å². The Balaban J connectivity index is 2.26. The number of hydrogen-bond acceptors (Lipinski definition) is 3. The van der Waals surface area contributed by atoms with E-state index in [9.17, 15) is 8.42 Å². The second-order valence-electron chi connectivity index (χ2n) is 4.25. The first-order valence-corrected chi connectivity index (χ1v) is 8.36. The molecule has 1 heterocycles. The molecule has 0 aromatic heterocycles. The van der Waals surface area contributed by atoms with Gasteiger partial charge in [0, 0.05) is 12.3 Å². The highest BCUT2D eigenvalue weighted by atomic mass is 32.3. The van der Waals surface area contributed by atoms with E-state index in [0.717, 1.165) is 24.2 Å². The van der Waals surface area contributed by atoms with Crippen molar-refractivity contribution in [3.63, 3.8) is 0 Å². The molecule has 1 aromatic carbocycles. The van der Waals surface area contributed by atoms with Crippen LogP contribution < -0.4 is 0 Å². The first-order chi connectivity index (χ1) is 8.60. The Morgan fingerprint density at radius 2 is 1.89 bits per heavy atom. The van der Waals surface area contributed by atoms with Crippen molar-refractivity contribution in [3.8, 4) is 0 Å². The number of aryl methyl sites for hydroxylation is 1. The summed E-state index contributed by atoms with van der Waals surface area (Å²) in [6.45, 7) is 2.39. The molecule has 0 saturated carbocycles. The van der Waals surface area contributed by atoms with E-state index in [0.29, 0.717) is 11.4 Å². The molecular formula is C13H17NO2S2. The molecule has 2 rings (SSSR count). The molecule has 0 fully saturated rings. The third-order valence-corrected chi connectivity index (χ3v) is 6.12. The van der Waals surface area contributed by atoms with E-state index in [1.54, 1.807) is 12.1 Å². The molecule has 0 radical (unpaired) electrons. The number of rotatable bonds is 2. The van der Waals surface area contributed by atoms with Gasteiger partial charge in [0.15, 0.2) is 0 Å². The summed E-state index contributed by atoms with van der Waals surface area (Å²) in [6, 6.07) is 7.01. The van der Waals surface area contributed by atoms with Crippen LogP contribution in [0.15, 0.2) is 41.3 Å². The van der Waals surface area contributed by atoms with Gasteiger partial charge in [-0.2, -0.15) is 0 Å². The number of benzene rings is 1. The summed E-state index contributed by atoms with van der Waals surface area (Å²) in [6.07, 6.45) is 6.03. The lowest BCUT2D eigenvalue weighted by molar-refractivity contribution is 0.554. The molecule has 3 nitrogen and oxygen atoms in total. The molecule has 18 heavy (non-hydrogen) atoms. The minimum absolute atomic E-state index is 0.370. The Labute approximate surface area is 113 Å². The summed E-state index contributed by atoms with van der Waals surface area (Å²) >= 11 is 1.40. The van der Waals surface area contributed by atoms with Gasteiger partial charge in [-0.25, -0.2) is 8.42 Å². The average molecular weight is 283 g/mol. The quantitative estimate of drug-likeness (QED) is 0.618. The SMILES string of the molecule is Cc1ccc(S(=O)(=O)N2C/C=C\CCCS2)cc1. The summed E-state index contributed by atoms with van der Waals surface area (Å²) < 4.78 is 26.3. The molecular weight excluding hydrogens is 266 g/mol. The monoisotopic (exact) mass is 283 g/mol. The molecule has 0 unspecified atom stereocenters. The van der Waals surface area contributed by atoms with E-state index in [1.165, 1.54) is 15.7 Å². The molecule has 0 spiro atoms. The fourth-order valence-corrected chi connectivity index (χ4v) is 4.42. The summed E-state index contributed by atoms with van der Waals surface area (Å²) in [5, 5.41) is 0. The lowest BCUT2D eigenvalue weighted by atomic mass is 10.2. The zero-order valence-corrected chi connectivity index (χ0v) is 12.0. The fraction of sp³-hybridized carbons (Fsp3) is 0.385. The highest BCUT2D eigenvalue weighted by Crippen LogP contribution is 2.25. The summed E-state index contributed by atoms with van der Waals surface area (Å²) in [5.74, 6) is 0.843. The lowest BCUT2D eigenvalue weighted by Gasteiger charge is -2.20. The van der Waals surface area contributed by atoms with Crippen molar-refractivity contribution in [2.45, 2.75) is 24.7 Å². The van der Waals surface area contributed by atoms with Crippen LogP contribution in [0.2, 0.25) is 0 Å². The summed E-state index contributed by atoms with van der Waals surface area (Å²) in [7, 11) is -3.37. The van der Waals surface area contributed by atoms with E-state index >= 15 is 0 Å². The standard InChI is InChI=1S/C13H17NO2S2/c1-12-6-8-13(9-7-12)18(15,16)14-10-4-2-3-5-11-17-14/h2,4,6-9H,3,5,10-11H2,1H3/b4-2-. The average Bonchev–Trinajstić information content (AvgIpc) is 2.28. The molecule has 1 aliphatic rings. The Hall–Kier alpha value is -0.780. The lowest BCUT2D eigenvalue weighted by Crippen LogP contribution is -2.26. The maximum Gasteiger partial charge on any atom is 0.252 e. The van der Waals surface area contributed by atoms with Gasteiger partial charge in [-0.3, -0.25) is 0 Å². The van der Waals surface area contributed by atoms with Crippen molar-refractivity contribution in [1.82, 2.24) is 3.71 Å². The summed E-state index contributed by atoms with van der Waals surface area (Å²) in [5.41, 5.74) is 1.06. The van der Waals surface area contributed by atoms with E-state index in [2.05, 4.69) is 6.08 Å². The maximum absolute atomic E-state index is 12.4. The smallest absolute Gasteiger partial charge is 0.206 e. The fourth-order valence-electron chi connectivity index (χ4n) is 1.69. The number of sulfonamides is 1. The Morgan fingerprint density at radius 3 is 2.61 bits per heavy atom.